The number of methoxy groups -OCH3 is 1. The zero-order valence-corrected chi connectivity index (χ0v) is 17.8. The minimum absolute atomic E-state index is 0.169. The predicted octanol–water partition coefficient (Wildman–Crippen LogP) is 5.71. The fraction of sp³-hybridized carbons (Fsp3) is 0.167. The topological polar surface area (TPSA) is 73.6 Å². The summed E-state index contributed by atoms with van der Waals surface area (Å²) in [6.07, 6.45) is 3.69. The molecule has 2 aromatic carbocycles. The van der Waals surface area contributed by atoms with Gasteiger partial charge in [-0.05, 0) is 36.8 Å². The van der Waals surface area contributed by atoms with E-state index in [9.17, 15) is 5.26 Å². The van der Waals surface area contributed by atoms with Crippen LogP contribution in [0.3, 0.4) is 0 Å². The normalized spacial score (nSPS) is 12.1. The van der Waals surface area contributed by atoms with Crippen molar-refractivity contribution in [3.05, 3.63) is 65.4 Å². The van der Waals surface area contributed by atoms with Gasteiger partial charge in [0, 0.05) is 28.8 Å². The number of rotatable bonds is 6. The zero-order valence-electron chi connectivity index (χ0n) is 17.0. The maximum atomic E-state index is 10.0. The Morgan fingerprint density at radius 1 is 1.13 bits per heavy atom. The Balaban J connectivity index is 1.85. The van der Waals surface area contributed by atoms with Crippen LogP contribution >= 0.6 is 11.6 Å². The van der Waals surface area contributed by atoms with Gasteiger partial charge < -0.3 is 18.9 Å². The third kappa shape index (κ3) is 4.14. The Morgan fingerprint density at radius 2 is 1.87 bits per heavy atom. The first kappa shape index (κ1) is 20.6. The number of hydrogen-bond acceptors (Lipinski definition) is 6. The van der Waals surface area contributed by atoms with E-state index in [0.717, 1.165) is 22.4 Å². The first-order valence-corrected chi connectivity index (χ1v) is 10.1. The van der Waals surface area contributed by atoms with E-state index in [0.29, 0.717) is 34.4 Å². The van der Waals surface area contributed by atoms with Gasteiger partial charge in [0.1, 0.15) is 23.1 Å². The van der Waals surface area contributed by atoms with Crippen molar-refractivity contribution in [2.75, 3.05) is 19.8 Å². The van der Waals surface area contributed by atoms with Gasteiger partial charge in [-0.1, -0.05) is 24.3 Å². The summed E-state index contributed by atoms with van der Waals surface area (Å²) in [6.45, 7) is 2.04. The number of hydrogen-bond donors (Lipinski definition) is 0. The van der Waals surface area contributed by atoms with E-state index in [-0.39, 0.29) is 12.7 Å². The SMILES string of the molecule is COc1ccc(-c2c(C#N)c(Oc3ccc4c(c3)OCO4)nc(C)c2C=CCCl)cc1. The molecule has 156 valence electrons. The average molecular weight is 435 g/mol. The highest BCUT2D eigenvalue weighted by molar-refractivity contribution is 6.19. The minimum atomic E-state index is 0.169. The summed E-state index contributed by atoms with van der Waals surface area (Å²) in [5.41, 5.74) is 3.40. The van der Waals surface area contributed by atoms with Gasteiger partial charge in [-0.15, -0.1) is 11.6 Å². The average Bonchev–Trinajstić information content (AvgIpc) is 3.26. The Morgan fingerprint density at radius 3 is 2.58 bits per heavy atom. The monoisotopic (exact) mass is 434 g/mol. The maximum Gasteiger partial charge on any atom is 0.238 e. The van der Waals surface area contributed by atoms with Crippen molar-refractivity contribution in [3.8, 4) is 46.1 Å². The van der Waals surface area contributed by atoms with E-state index in [2.05, 4.69) is 11.1 Å². The highest BCUT2D eigenvalue weighted by Gasteiger charge is 2.21. The number of allylic oxidation sites excluding steroid dienone is 1. The number of benzene rings is 2. The molecule has 0 atom stereocenters. The second kappa shape index (κ2) is 8.99. The van der Waals surface area contributed by atoms with Crippen molar-refractivity contribution in [3.63, 3.8) is 0 Å². The number of ether oxygens (including phenoxy) is 4. The Hall–Kier alpha value is -3.69. The Kier molecular flexibility index (Phi) is 5.96. The number of pyridine rings is 1. The molecule has 3 aromatic rings. The van der Waals surface area contributed by atoms with Crippen molar-refractivity contribution in [1.82, 2.24) is 4.98 Å². The number of nitriles is 1. The van der Waals surface area contributed by atoms with Gasteiger partial charge in [0.25, 0.3) is 0 Å². The van der Waals surface area contributed by atoms with Crippen molar-refractivity contribution < 1.29 is 18.9 Å². The molecule has 6 nitrogen and oxygen atoms in total. The zero-order chi connectivity index (χ0) is 21.8. The van der Waals surface area contributed by atoms with Gasteiger partial charge in [0.2, 0.25) is 12.7 Å². The van der Waals surface area contributed by atoms with Gasteiger partial charge in [0.05, 0.1) is 7.11 Å². The third-order valence-electron chi connectivity index (χ3n) is 4.81. The molecule has 0 amide bonds. The summed E-state index contributed by atoms with van der Waals surface area (Å²) < 4.78 is 22.0. The Labute approximate surface area is 185 Å². The van der Waals surface area contributed by atoms with E-state index in [4.69, 9.17) is 30.5 Å². The summed E-state index contributed by atoms with van der Waals surface area (Å²) in [5.74, 6) is 3.02. The summed E-state index contributed by atoms with van der Waals surface area (Å²) in [4.78, 5) is 4.57. The van der Waals surface area contributed by atoms with Gasteiger partial charge in [-0.25, -0.2) is 4.98 Å². The van der Waals surface area contributed by atoms with E-state index in [1.54, 1.807) is 25.3 Å². The molecular weight excluding hydrogens is 416 g/mol. The minimum Gasteiger partial charge on any atom is -0.497 e. The molecule has 7 heteroatoms. The standard InChI is InChI=1S/C24H19ClN2O4/c1-15-19(4-3-11-25)23(16-5-7-17(28-2)8-6-16)20(13-26)24(27-15)31-18-9-10-21-22(12-18)30-14-29-21/h3-10,12H,11,14H2,1-2H3. The molecule has 0 unspecified atom stereocenters. The molecule has 4 rings (SSSR count). The van der Waals surface area contributed by atoms with Crippen LogP contribution < -0.4 is 18.9 Å². The summed E-state index contributed by atoms with van der Waals surface area (Å²) in [7, 11) is 1.61. The van der Waals surface area contributed by atoms with E-state index >= 15 is 0 Å². The summed E-state index contributed by atoms with van der Waals surface area (Å²) >= 11 is 5.86. The molecule has 0 saturated heterocycles. The predicted molar refractivity (Wildman–Crippen MR) is 118 cm³/mol. The third-order valence-corrected chi connectivity index (χ3v) is 4.99. The fourth-order valence-corrected chi connectivity index (χ4v) is 3.43. The lowest BCUT2D eigenvalue weighted by Gasteiger charge is -2.16. The van der Waals surface area contributed by atoms with Crippen molar-refractivity contribution in [2.24, 2.45) is 0 Å². The molecule has 1 aliphatic rings. The number of aromatic nitrogens is 1. The van der Waals surface area contributed by atoms with Crippen LogP contribution in [0.5, 0.6) is 28.9 Å². The van der Waals surface area contributed by atoms with Gasteiger partial charge in [-0.2, -0.15) is 5.26 Å². The van der Waals surface area contributed by atoms with Crippen molar-refractivity contribution in [1.29, 1.82) is 5.26 Å². The molecule has 0 bridgehead atoms. The molecule has 0 radical (unpaired) electrons. The largest absolute Gasteiger partial charge is 0.497 e. The molecule has 31 heavy (non-hydrogen) atoms. The lowest BCUT2D eigenvalue weighted by Crippen LogP contribution is -2.01. The van der Waals surface area contributed by atoms with Gasteiger partial charge in [0.15, 0.2) is 11.5 Å². The molecule has 2 heterocycles. The molecule has 0 spiro atoms. The molecule has 1 aliphatic heterocycles. The van der Waals surface area contributed by atoms with Crippen LogP contribution in [0.2, 0.25) is 0 Å². The van der Waals surface area contributed by atoms with Gasteiger partial charge >= 0.3 is 0 Å². The van der Waals surface area contributed by atoms with Crippen LogP contribution in [0.15, 0.2) is 48.5 Å². The lowest BCUT2D eigenvalue weighted by molar-refractivity contribution is 0.174. The fourth-order valence-electron chi connectivity index (χ4n) is 3.34. The number of fused-ring (bicyclic) bond motifs is 1. The number of nitrogens with zero attached hydrogens (tertiary/aromatic N) is 2. The summed E-state index contributed by atoms with van der Waals surface area (Å²) in [5, 5.41) is 10.0. The van der Waals surface area contributed by atoms with Gasteiger partial charge in [-0.3, -0.25) is 0 Å². The van der Waals surface area contributed by atoms with Crippen LogP contribution in [-0.2, 0) is 0 Å². The van der Waals surface area contributed by atoms with E-state index in [1.165, 1.54) is 0 Å². The lowest BCUT2D eigenvalue weighted by atomic mass is 9.94. The van der Waals surface area contributed by atoms with Crippen molar-refractivity contribution >= 4 is 17.7 Å². The molecule has 1 aromatic heterocycles. The number of halogens is 1. The highest BCUT2D eigenvalue weighted by Crippen LogP contribution is 2.40. The number of alkyl halides is 1. The number of aryl methyl sites for hydroxylation is 1. The molecular formula is C24H19ClN2O4. The highest BCUT2D eigenvalue weighted by atomic mass is 35.5. The van der Waals surface area contributed by atoms with Crippen molar-refractivity contribution in [2.45, 2.75) is 6.92 Å². The van der Waals surface area contributed by atoms with Crippen LogP contribution in [0, 0.1) is 18.3 Å². The van der Waals surface area contributed by atoms with Crippen LogP contribution in [-0.4, -0.2) is 24.8 Å². The molecule has 0 saturated carbocycles. The second-order valence-electron chi connectivity index (χ2n) is 6.68. The second-order valence-corrected chi connectivity index (χ2v) is 6.99. The van der Waals surface area contributed by atoms with Crippen LogP contribution in [0.1, 0.15) is 16.8 Å². The Bertz CT molecular complexity index is 1180. The first-order valence-electron chi connectivity index (χ1n) is 9.53. The first-order chi connectivity index (χ1) is 15.1. The maximum absolute atomic E-state index is 10.0. The summed E-state index contributed by atoms with van der Waals surface area (Å²) in [6, 6.07) is 15.0. The van der Waals surface area contributed by atoms with Crippen LogP contribution in [0.25, 0.3) is 17.2 Å². The molecule has 0 N–H and O–H groups in total. The molecule has 0 aliphatic carbocycles. The smallest absolute Gasteiger partial charge is 0.238 e. The van der Waals surface area contributed by atoms with Crippen LogP contribution in [0.4, 0.5) is 0 Å². The molecule has 0 fully saturated rings. The van der Waals surface area contributed by atoms with E-state index < -0.39 is 0 Å². The quantitative estimate of drug-likeness (QED) is 0.462. The van der Waals surface area contributed by atoms with E-state index in [1.807, 2.05) is 43.3 Å².